The molecule has 20 heavy (non-hydrogen) atoms. The van der Waals surface area contributed by atoms with Crippen molar-refractivity contribution in [1.82, 2.24) is 10.2 Å². The lowest BCUT2D eigenvalue weighted by molar-refractivity contribution is -0.135. The SMILES string of the molecule is CC(CCOc1ccccc1)C(=O)N(C)C1CCNC1. The van der Waals surface area contributed by atoms with Gasteiger partial charge in [0.2, 0.25) is 5.91 Å². The van der Waals surface area contributed by atoms with E-state index in [0.717, 1.165) is 31.7 Å². The van der Waals surface area contributed by atoms with E-state index in [1.807, 2.05) is 49.2 Å². The first-order chi connectivity index (χ1) is 9.68. The standard InChI is InChI=1S/C16H24N2O2/c1-13(9-11-20-15-6-4-3-5-7-15)16(19)18(2)14-8-10-17-12-14/h3-7,13-14,17H,8-12H2,1-2H3. The zero-order chi connectivity index (χ0) is 14.4. The third-order valence-corrected chi connectivity index (χ3v) is 3.91. The maximum Gasteiger partial charge on any atom is 0.225 e. The van der Waals surface area contributed by atoms with Gasteiger partial charge in [0, 0.05) is 25.6 Å². The Hall–Kier alpha value is -1.55. The summed E-state index contributed by atoms with van der Waals surface area (Å²) >= 11 is 0. The van der Waals surface area contributed by atoms with Crippen LogP contribution in [0.25, 0.3) is 0 Å². The molecule has 1 N–H and O–H groups in total. The highest BCUT2D eigenvalue weighted by molar-refractivity contribution is 5.78. The number of carbonyl (C=O) groups is 1. The third kappa shape index (κ3) is 3.97. The Bertz CT molecular complexity index is 416. The highest BCUT2D eigenvalue weighted by Crippen LogP contribution is 2.14. The highest BCUT2D eigenvalue weighted by Gasteiger charge is 2.26. The van der Waals surface area contributed by atoms with Crippen LogP contribution in [-0.4, -0.2) is 43.6 Å². The molecular weight excluding hydrogens is 252 g/mol. The van der Waals surface area contributed by atoms with Crippen LogP contribution >= 0.6 is 0 Å². The van der Waals surface area contributed by atoms with Crippen LogP contribution in [0.2, 0.25) is 0 Å². The molecule has 1 aliphatic rings. The molecule has 1 fully saturated rings. The number of para-hydroxylation sites is 1. The van der Waals surface area contributed by atoms with Crippen LogP contribution in [0.5, 0.6) is 5.75 Å². The normalized spacial score (nSPS) is 19.6. The number of nitrogens with zero attached hydrogens (tertiary/aromatic N) is 1. The predicted octanol–water partition coefficient (Wildman–Crippen LogP) is 1.91. The molecule has 0 spiro atoms. The summed E-state index contributed by atoms with van der Waals surface area (Å²) in [5, 5.41) is 3.29. The minimum Gasteiger partial charge on any atom is -0.494 e. The molecule has 1 aromatic rings. The second-order valence-electron chi connectivity index (χ2n) is 5.45. The van der Waals surface area contributed by atoms with Gasteiger partial charge in [-0.3, -0.25) is 4.79 Å². The Morgan fingerprint density at radius 2 is 2.20 bits per heavy atom. The van der Waals surface area contributed by atoms with Crippen molar-refractivity contribution in [3.05, 3.63) is 30.3 Å². The number of rotatable bonds is 6. The van der Waals surface area contributed by atoms with E-state index >= 15 is 0 Å². The van der Waals surface area contributed by atoms with Gasteiger partial charge in [0.05, 0.1) is 6.61 Å². The molecule has 0 bridgehead atoms. The van der Waals surface area contributed by atoms with E-state index in [-0.39, 0.29) is 11.8 Å². The molecule has 1 amide bonds. The molecule has 1 heterocycles. The van der Waals surface area contributed by atoms with E-state index in [1.54, 1.807) is 0 Å². The molecule has 0 aromatic heterocycles. The van der Waals surface area contributed by atoms with Gasteiger partial charge in [-0.1, -0.05) is 25.1 Å². The number of hydrogen-bond acceptors (Lipinski definition) is 3. The van der Waals surface area contributed by atoms with Crippen LogP contribution in [0.1, 0.15) is 19.8 Å². The van der Waals surface area contributed by atoms with Gasteiger partial charge in [0.25, 0.3) is 0 Å². The van der Waals surface area contributed by atoms with Crippen LogP contribution in [0, 0.1) is 5.92 Å². The van der Waals surface area contributed by atoms with E-state index in [9.17, 15) is 4.79 Å². The summed E-state index contributed by atoms with van der Waals surface area (Å²) in [5.41, 5.74) is 0. The molecule has 4 nitrogen and oxygen atoms in total. The number of amides is 1. The first-order valence-corrected chi connectivity index (χ1v) is 7.33. The number of likely N-dealkylation sites (N-methyl/N-ethyl adjacent to an activating group) is 1. The van der Waals surface area contributed by atoms with Crippen molar-refractivity contribution in [1.29, 1.82) is 0 Å². The lowest BCUT2D eigenvalue weighted by Crippen LogP contribution is -2.41. The number of hydrogen-bond donors (Lipinski definition) is 1. The Morgan fingerprint density at radius 1 is 1.45 bits per heavy atom. The summed E-state index contributed by atoms with van der Waals surface area (Å²) in [6.45, 7) is 4.48. The van der Waals surface area contributed by atoms with Crippen molar-refractivity contribution in [2.24, 2.45) is 5.92 Å². The number of carbonyl (C=O) groups excluding carboxylic acids is 1. The zero-order valence-electron chi connectivity index (χ0n) is 12.3. The van der Waals surface area contributed by atoms with Gasteiger partial charge < -0.3 is 15.0 Å². The summed E-state index contributed by atoms with van der Waals surface area (Å²) < 4.78 is 5.65. The van der Waals surface area contributed by atoms with Gasteiger partial charge in [0.1, 0.15) is 5.75 Å². The van der Waals surface area contributed by atoms with Crippen molar-refractivity contribution in [2.45, 2.75) is 25.8 Å². The van der Waals surface area contributed by atoms with Crippen molar-refractivity contribution in [3.8, 4) is 5.75 Å². The summed E-state index contributed by atoms with van der Waals surface area (Å²) in [7, 11) is 1.91. The van der Waals surface area contributed by atoms with Gasteiger partial charge in [-0.05, 0) is 31.5 Å². The first-order valence-electron chi connectivity index (χ1n) is 7.33. The molecule has 0 radical (unpaired) electrons. The highest BCUT2D eigenvalue weighted by atomic mass is 16.5. The second kappa shape index (κ2) is 7.29. The van der Waals surface area contributed by atoms with Crippen LogP contribution in [0.3, 0.4) is 0 Å². The van der Waals surface area contributed by atoms with E-state index in [1.165, 1.54) is 0 Å². The van der Waals surface area contributed by atoms with E-state index < -0.39 is 0 Å². The Balaban J connectivity index is 1.73. The van der Waals surface area contributed by atoms with Gasteiger partial charge in [-0.15, -0.1) is 0 Å². The lowest BCUT2D eigenvalue weighted by Gasteiger charge is -2.26. The minimum atomic E-state index is 0.00399. The monoisotopic (exact) mass is 276 g/mol. The molecule has 0 saturated carbocycles. The molecule has 1 aromatic carbocycles. The maximum absolute atomic E-state index is 12.3. The predicted molar refractivity (Wildman–Crippen MR) is 79.8 cm³/mol. The number of nitrogens with one attached hydrogen (secondary N) is 1. The molecule has 0 aliphatic carbocycles. The first kappa shape index (κ1) is 14.9. The number of ether oxygens (including phenoxy) is 1. The molecule has 2 rings (SSSR count). The number of benzene rings is 1. The largest absolute Gasteiger partial charge is 0.494 e. The third-order valence-electron chi connectivity index (χ3n) is 3.91. The molecule has 1 saturated heterocycles. The quantitative estimate of drug-likeness (QED) is 0.863. The van der Waals surface area contributed by atoms with Crippen LogP contribution in [0.15, 0.2) is 30.3 Å². The summed E-state index contributed by atoms with van der Waals surface area (Å²) in [6.07, 6.45) is 1.80. The maximum atomic E-state index is 12.3. The fraction of sp³-hybridized carbons (Fsp3) is 0.562. The van der Waals surface area contributed by atoms with Crippen molar-refractivity contribution in [3.63, 3.8) is 0 Å². The molecule has 4 heteroatoms. The van der Waals surface area contributed by atoms with Crippen LogP contribution < -0.4 is 10.1 Å². The second-order valence-corrected chi connectivity index (χ2v) is 5.45. The summed E-state index contributed by atoms with van der Waals surface area (Å²) in [6, 6.07) is 10.1. The molecule has 110 valence electrons. The zero-order valence-corrected chi connectivity index (χ0v) is 12.3. The molecule has 2 atom stereocenters. The van der Waals surface area contributed by atoms with E-state index in [2.05, 4.69) is 5.32 Å². The average molecular weight is 276 g/mol. The molecular formula is C16H24N2O2. The van der Waals surface area contributed by atoms with Gasteiger partial charge in [-0.2, -0.15) is 0 Å². The molecule has 2 unspecified atom stereocenters. The lowest BCUT2D eigenvalue weighted by atomic mass is 10.1. The fourth-order valence-electron chi connectivity index (χ4n) is 2.49. The Kier molecular flexibility index (Phi) is 5.41. The van der Waals surface area contributed by atoms with E-state index in [0.29, 0.717) is 12.6 Å². The van der Waals surface area contributed by atoms with Crippen molar-refractivity contribution < 1.29 is 9.53 Å². The van der Waals surface area contributed by atoms with Gasteiger partial charge in [0.15, 0.2) is 0 Å². The topological polar surface area (TPSA) is 41.6 Å². The Labute approximate surface area is 121 Å². The smallest absolute Gasteiger partial charge is 0.225 e. The van der Waals surface area contributed by atoms with Crippen LogP contribution in [-0.2, 0) is 4.79 Å². The van der Waals surface area contributed by atoms with E-state index in [4.69, 9.17) is 4.74 Å². The van der Waals surface area contributed by atoms with Crippen molar-refractivity contribution in [2.75, 3.05) is 26.7 Å². The summed E-state index contributed by atoms with van der Waals surface area (Å²) in [4.78, 5) is 14.2. The Morgan fingerprint density at radius 3 is 2.85 bits per heavy atom. The molecule has 1 aliphatic heterocycles. The van der Waals surface area contributed by atoms with Gasteiger partial charge in [-0.25, -0.2) is 0 Å². The van der Waals surface area contributed by atoms with Crippen molar-refractivity contribution >= 4 is 5.91 Å². The fourth-order valence-corrected chi connectivity index (χ4v) is 2.49. The van der Waals surface area contributed by atoms with Gasteiger partial charge >= 0.3 is 0 Å². The summed E-state index contributed by atoms with van der Waals surface area (Å²) in [5.74, 6) is 1.08. The average Bonchev–Trinajstić information content (AvgIpc) is 3.01. The minimum absolute atomic E-state index is 0.00399. The van der Waals surface area contributed by atoms with Crippen LogP contribution in [0.4, 0.5) is 0 Å².